The summed E-state index contributed by atoms with van der Waals surface area (Å²) in [7, 11) is 1.62. The lowest BCUT2D eigenvalue weighted by Gasteiger charge is -2.07. The molecule has 0 bridgehead atoms. The van der Waals surface area contributed by atoms with E-state index in [9.17, 15) is 0 Å². The zero-order chi connectivity index (χ0) is 14.0. The van der Waals surface area contributed by atoms with Crippen LogP contribution in [0.25, 0.3) is 0 Å². The molecule has 3 nitrogen and oxygen atoms in total. The molecule has 0 aromatic heterocycles. The Morgan fingerprint density at radius 1 is 0.850 bits per heavy atom. The molecule has 0 fully saturated rings. The van der Waals surface area contributed by atoms with Gasteiger partial charge >= 0.3 is 0 Å². The molecule has 0 saturated carbocycles. The van der Waals surface area contributed by atoms with Crippen LogP contribution in [-0.2, 0) is 22.5 Å². The third-order valence-corrected chi connectivity index (χ3v) is 2.91. The van der Waals surface area contributed by atoms with E-state index in [1.54, 1.807) is 7.11 Å². The molecule has 2 aromatic rings. The van der Waals surface area contributed by atoms with E-state index in [-0.39, 0.29) is 0 Å². The van der Waals surface area contributed by atoms with Crippen molar-refractivity contribution in [1.82, 2.24) is 0 Å². The van der Waals surface area contributed by atoms with Crippen molar-refractivity contribution in [2.45, 2.75) is 13.0 Å². The molecular formula is C17H20O3. The van der Waals surface area contributed by atoms with E-state index in [0.29, 0.717) is 20.0 Å². The summed E-state index contributed by atoms with van der Waals surface area (Å²) in [5.74, 6) is 0.885. The van der Waals surface area contributed by atoms with Crippen LogP contribution in [-0.4, -0.2) is 20.5 Å². The fraction of sp³-hybridized carbons (Fsp3) is 0.294. The highest BCUT2D eigenvalue weighted by molar-refractivity contribution is 5.27. The SMILES string of the molecule is COCOCCc1ccc(OCc2ccccc2)cc1. The van der Waals surface area contributed by atoms with Gasteiger partial charge in [-0.25, -0.2) is 0 Å². The van der Waals surface area contributed by atoms with E-state index in [4.69, 9.17) is 14.2 Å². The molecule has 0 saturated heterocycles. The Labute approximate surface area is 120 Å². The van der Waals surface area contributed by atoms with Crippen LogP contribution >= 0.6 is 0 Å². The summed E-state index contributed by atoms with van der Waals surface area (Å²) < 4.78 is 15.8. The standard InChI is InChI=1S/C17H20O3/c1-18-14-19-12-11-15-7-9-17(10-8-15)20-13-16-5-3-2-4-6-16/h2-10H,11-14H2,1H3. The predicted octanol–water partition coefficient (Wildman–Crippen LogP) is 3.43. The highest BCUT2D eigenvalue weighted by Gasteiger charge is 1.97. The largest absolute Gasteiger partial charge is 0.489 e. The van der Waals surface area contributed by atoms with Gasteiger partial charge in [0.15, 0.2) is 0 Å². The maximum Gasteiger partial charge on any atom is 0.146 e. The lowest BCUT2D eigenvalue weighted by Crippen LogP contribution is -2.01. The molecule has 0 aliphatic heterocycles. The van der Waals surface area contributed by atoms with Crippen LogP contribution in [0, 0.1) is 0 Å². The van der Waals surface area contributed by atoms with Gasteiger partial charge in [-0.2, -0.15) is 0 Å². The van der Waals surface area contributed by atoms with Gasteiger partial charge in [0.1, 0.15) is 19.1 Å². The number of rotatable bonds is 8. The van der Waals surface area contributed by atoms with Crippen LogP contribution in [0.1, 0.15) is 11.1 Å². The number of benzene rings is 2. The van der Waals surface area contributed by atoms with Crippen LogP contribution in [0.5, 0.6) is 5.75 Å². The normalized spacial score (nSPS) is 10.4. The Bertz CT molecular complexity index is 479. The van der Waals surface area contributed by atoms with Crippen molar-refractivity contribution in [2.75, 3.05) is 20.5 Å². The first kappa shape index (κ1) is 14.6. The van der Waals surface area contributed by atoms with E-state index in [2.05, 4.69) is 24.3 Å². The second-order valence-electron chi connectivity index (χ2n) is 4.48. The van der Waals surface area contributed by atoms with Crippen molar-refractivity contribution in [3.63, 3.8) is 0 Å². The van der Waals surface area contributed by atoms with E-state index < -0.39 is 0 Å². The van der Waals surface area contributed by atoms with E-state index in [1.165, 1.54) is 11.1 Å². The second kappa shape index (κ2) is 8.35. The van der Waals surface area contributed by atoms with Gasteiger partial charge in [0.25, 0.3) is 0 Å². The minimum absolute atomic E-state index is 0.346. The lowest BCUT2D eigenvalue weighted by molar-refractivity contribution is -0.0291. The quantitative estimate of drug-likeness (QED) is 0.544. The van der Waals surface area contributed by atoms with Crippen molar-refractivity contribution in [1.29, 1.82) is 0 Å². The maximum atomic E-state index is 5.74. The highest BCUT2D eigenvalue weighted by atomic mass is 16.7. The second-order valence-corrected chi connectivity index (χ2v) is 4.48. The van der Waals surface area contributed by atoms with E-state index >= 15 is 0 Å². The van der Waals surface area contributed by atoms with Crippen LogP contribution in [0.4, 0.5) is 0 Å². The van der Waals surface area contributed by atoms with Crippen LogP contribution in [0.3, 0.4) is 0 Å². The molecule has 0 unspecified atom stereocenters. The average molecular weight is 272 g/mol. The first-order chi connectivity index (χ1) is 9.88. The Balaban J connectivity index is 1.76. The highest BCUT2D eigenvalue weighted by Crippen LogP contribution is 2.14. The third-order valence-electron chi connectivity index (χ3n) is 2.91. The zero-order valence-electron chi connectivity index (χ0n) is 11.7. The fourth-order valence-electron chi connectivity index (χ4n) is 1.83. The van der Waals surface area contributed by atoms with E-state index in [1.807, 2.05) is 30.3 Å². The average Bonchev–Trinajstić information content (AvgIpc) is 2.52. The molecule has 0 aliphatic carbocycles. The van der Waals surface area contributed by atoms with Crippen molar-refractivity contribution < 1.29 is 14.2 Å². The molecular weight excluding hydrogens is 252 g/mol. The van der Waals surface area contributed by atoms with Gasteiger partial charge in [0.05, 0.1) is 6.61 Å². The summed E-state index contributed by atoms with van der Waals surface area (Å²) in [5.41, 5.74) is 2.40. The minimum atomic E-state index is 0.346. The molecule has 0 aliphatic rings. The smallest absolute Gasteiger partial charge is 0.146 e. The Kier molecular flexibility index (Phi) is 6.08. The number of hydrogen-bond acceptors (Lipinski definition) is 3. The molecule has 0 atom stereocenters. The molecule has 3 heteroatoms. The summed E-state index contributed by atoms with van der Waals surface area (Å²) in [6.45, 7) is 1.60. The number of methoxy groups -OCH3 is 1. The van der Waals surface area contributed by atoms with Crippen molar-refractivity contribution in [3.05, 3.63) is 65.7 Å². The van der Waals surface area contributed by atoms with Crippen LogP contribution in [0.15, 0.2) is 54.6 Å². The molecule has 2 rings (SSSR count). The van der Waals surface area contributed by atoms with Gasteiger partial charge in [-0.3, -0.25) is 0 Å². The first-order valence-electron chi connectivity index (χ1n) is 6.71. The zero-order valence-corrected chi connectivity index (χ0v) is 11.7. The van der Waals surface area contributed by atoms with Gasteiger partial charge in [-0.15, -0.1) is 0 Å². The van der Waals surface area contributed by atoms with Crippen molar-refractivity contribution in [3.8, 4) is 5.75 Å². The molecule has 0 amide bonds. The predicted molar refractivity (Wildman–Crippen MR) is 78.7 cm³/mol. The molecule has 2 aromatic carbocycles. The van der Waals surface area contributed by atoms with Gasteiger partial charge in [0, 0.05) is 7.11 Å². The topological polar surface area (TPSA) is 27.7 Å². The van der Waals surface area contributed by atoms with Crippen LogP contribution in [0.2, 0.25) is 0 Å². The fourth-order valence-corrected chi connectivity index (χ4v) is 1.83. The van der Waals surface area contributed by atoms with Crippen LogP contribution < -0.4 is 4.74 Å². The number of hydrogen-bond donors (Lipinski definition) is 0. The summed E-state index contributed by atoms with van der Waals surface area (Å²) in [6, 6.07) is 18.3. The Morgan fingerprint density at radius 3 is 2.30 bits per heavy atom. The molecule has 0 radical (unpaired) electrons. The summed E-state index contributed by atoms with van der Waals surface area (Å²) in [6.07, 6.45) is 0.877. The van der Waals surface area contributed by atoms with Crippen molar-refractivity contribution >= 4 is 0 Å². The Morgan fingerprint density at radius 2 is 1.60 bits per heavy atom. The first-order valence-corrected chi connectivity index (χ1v) is 6.71. The molecule has 20 heavy (non-hydrogen) atoms. The molecule has 0 N–H and O–H groups in total. The summed E-state index contributed by atoms with van der Waals surface area (Å²) >= 11 is 0. The maximum absolute atomic E-state index is 5.74. The third kappa shape index (κ3) is 5.03. The van der Waals surface area contributed by atoms with E-state index in [0.717, 1.165) is 12.2 Å². The molecule has 0 heterocycles. The van der Waals surface area contributed by atoms with Crippen molar-refractivity contribution in [2.24, 2.45) is 0 Å². The van der Waals surface area contributed by atoms with Gasteiger partial charge in [0.2, 0.25) is 0 Å². The monoisotopic (exact) mass is 272 g/mol. The lowest BCUT2D eigenvalue weighted by atomic mass is 10.1. The Hall–Kier alpha value is -1.84. The summed E-state index contributed by atoms with van der Waals surface area (Å²) in [4.78, 5) is 0. The summed E-state index contributed by atoms with van der Waals surface area (Å²) in [5, 5.41) is 0. The van der Waals surface area contributed by atoms with Gasteiger partial charge < -0.3 is 14.2 Å². The molecule has 0 spiro atoms. The molecule has 106 valence electrons. The minimum Gasteiger partial charge on any atom is -0.489 e. The van der Waals surface area contributed by atoms with Gasteiger partial charge in [-0.05, 0) is 29.7 Å². The number of ether oxygens (including phenoxy) is 3. The van der Waals surface area contributed by atoms with Gasteiger partial charge in [-0.1, -0.05) is 42.5 Å².